The number of nitrogens with one attached hydrogen (secondary N) is 2. The molecule has 2 N–H and O–H groups in total. The molecule has 7 heteroatoms. The van der Waals surface area contributed by atoms with Gasteiger partial charge in [-0.05, 0) is 24.5 Å². The zero-order chi connectivity index (χ0) is 19.3. The van der Waals surface area contributed by atoms with Crippen LogP contribution in [0, 0.1) is 5.92 Å². The van der Waals surface area contributed by atoms with Gasteiger partial charge in [0.25, 0.3) is 0 Å². The highest BCUT2D eigenvalue weighted by atomic mass is 127. The molecule has 0 amide bonds. The molecule has 0 saturated carbocycles. The van der Waals surface area contributed by atoms with Gasteiger partial charge < -0.3 is 20.0 Å². The van der Waals surface area contributed by atoms with Crippen molar-refractivity contribution in [3.63, 3.8) is 0 Å². The average Bonchev–Trinajstić information content (AvgIpc) is 3.32. The molecule has 1 aromatic carbocycles. The standard InChI is InChI=1S/C21H31N5O.HI/c1-21(2,3)18-13-23-19(27-18)14-25-20(22-4)24-12-16-10-11-26(15-16)17-8-6-5-7-9-17;/h5-9,13,16H,10-12,14-15H2,1-4H3,(H2,22,24,25);1H. The van der Waals surface area contributed by atoms with Crippen molar-refractivity contribution in [2.75, 3.05) is 31.6 Å². The number of rotatable bonds is 5. The van der Waals surface area contributed by atoms with E-state index >= 15 is 0 Å². The lowest BCUT2D eigenvalue weighted by Gasteiger charge is -2.19. The summed E-state index contributed by atoms with van der Waals surface area (Å²) in [5.74, 6) is 2.97. The van der Waals surface area contributed by atoms with Crippen LogP contribution in [0.15, 0.2) is 45.9 Å². The molecular weight excluding hydrogens is 465 g/mol. The maximum absolute atomic E-state index is 5.82. The summed E-state index contributed by atoms with van der Waals surface area (Å²) in [7, 11) is 1.79. The highest BCUT2D eigenvalue weighted by Gasteiger charge is 2.23. The Balaban J connectivity index is 0.00000280. The first kappa shape index (κ1) is 22.5. The molecule has 0 radical (unpaired) electrons. The van der Waals surface area contributed by atoms with Crippen molar-refractivity contribution in [1.82, 2.24) is 15.6 Å². The van der Waals surface area contributed by atoms with Crippen molar-refractivity contribution >= 4 is 35.6 Å². The number of hydrogen-bond acceptors (Lipinski definition) is 4. The van der Waals surface area contributed by atoms with Crippen LogP contribution in [0.5, 0.6) is 0 Å². The van der Waals surface area contributed by atoms with E-state index in [-0.39, 0.29) is 29.4 Å². The average molecular weight is 497 g/mol. The largest absolute Gasteiger partial charge is 0.443 e. The zero-order valence-electron chi connectivity index (χ0n) is 17.2. The molecule has 1 saturated heterocycles. The van der Waals surface area contributed by atoms with Crippen LogP contribution >= 0.6 is 24.0 Å². The van der Waals surface area contributed by atoms with Crippen molar-refractivity contribution in [3.05, 3.63) is 48.2 Å². The maximum atomic E-state index is 5.82. The van der Waals surface area contributed by atoms with Crippen molar-refractivity contribution in [2.45, 2.75) is 39.2 Å². The van der Waals surface area contributed by atoms with E-state index in [1.807, 2.05) is 6.20 Å². The second kappa shape index (κ2) is 10.1. The SMILES string of the molecule is CN=C(NCc1ncc(C(C)(C)C)o1)NCC1CCN(c2ccccc2)C1.I. The van der Waals surface area contributed by atoms with Gasteiger partial charge in [0.1, 0.15) is 5.76 Å². The van der Waals surface area contributed by atoms with Gasteiger partial charge in [0.2, 0.25) is 5.89 Å². The molecule has 1 fully saturated rings. The second-order valence-corrected chi connectivity index (χ2v) is 8.11. The van der Waals surface area contributed by atoms with Gasteiger partial charge in [-0.25, -0.2) is 4.98 Å². The van der Waals surface area contributed by atoms with E-state index in [0.29, 0.717) is 18.4 Å². The summed E-state index contributed by atoms with van der Waals surface area (Å²) in [4.78, 5) is 11.1. The third-order valence-electron chi connectivity index (χ3n) is 4.89. The number of para-hydroxylation sites is 1. The van der Waals surface area contributed by atoms with Crippen molar-refractivity contribution < 1.29 is 4.42 Å². The number of nitrogens with zero attached hydrogens (tertiary/aromatic N) is 3. The summed E-state index contributed by atoms with van der Waals surface area (Å²) in [6, 6.07) is 10.6. The van der Waals surface area contributed by atoms with Gasteiger partial charge in [0, 0.05) is 37.8 Å². The summed E-state index contributed by atoms with van der Waals surface area (Å²) in [5, 5.41) is 6.72. The van der Waals surface area contributed by atoms with E-state index in [1.54, 1.807) is 7.05 Å². The van der Waals surface area contributed by atoms with Crippen LogP contribution in [0.25, 0.3) is 0 Å². The van der Waals surface area contributed by atoms with Gasteiger partial charge in [-0.2, -0.15) is 0 Å². The smallest absolute Gasteiger partial charge is 0.213 e. The molecule has 0 spiro atoms. The van der Waals surface area contributed by atoms with Crippen LogP contribution in [0.4, 0.5) is 5.69 Å². The third-order valence-corrected chi connectivity index (χ3v) is 4.89. The number of hydrogen-bond donors (Lipinski definition) is 2. The minimum absolute atomic E-state index is 0. The first-order valence-electron chi connectivity index (χ1n) is 9.65. The molecule has 28 heavy (non-hydrogen) atoms. The van der Waals surface area contributed by atoms with E-state index in [9.17, 15) is 0 Å². The maximum Gasteiger partial charge on any atom is 0.213 e. The van der Waals surface area contributed by atoms with Crippen LogP contribution in [0.1, 0.15) is 38.8 Å². The molecular formula is C21H32IN5O. The Morgan fingerprint density at radius 3 is 2.64 bits per heavy atom. The summed E-state index contributed by atoms with van der Waals surface area (Å²) >= 11 is 0. The van der Waals surface area contributed by atoms with Gasteiger partial charge in [0.05, 0.1) is 12.7 Å². The number of aromatic nitrogens is 1. The normalized spacial score (nSPS) is 17.4. The lowest BCUT2D eigenvalue weighted by atomic mass is 9.94. The molecule has 1 aliphatic rings. The minimum Gasteiger partial charge on any atom is -0.443 e. The van der Waals surface area contributed by atoms with Crippen LogP contribution < -0.4 is 15.5 Å². The van der Waals surface area contributed by atoms with E-state index < -0.39 is 0 Å². The Labute approximate surface area is 185 Å². The number of guanidine groups is 1. The van der Waals surface area contributed by atoms with Crippen molar-refractivity contribution in [2.24, 2.45) is 10.9 Å². The lowest BCUT2D eigenvalue weighted by molar-refractivity contribution is 0.379. The monoisotopic (exact) mass is 497 g/mol. The zero-order valence-corrected chi connectivity index (χ0v) is 19.6. The Bertz CT molecular complexity index is 754. The fraction of sp³-hybridized carbons (Fsp3) is 0.524. The summed E-state index contributed by atoms with van der Waals surface area (Å²) in [5.41, 5.74) is 1.28. The molecule has 0 aliphatic carbocycles. The number of aliphatic imine (C=N–C) groups is 1. The number of benzene rings is 1. The van der Waals surface area contributed by atoms with Crippen LogP contribution in [0.3, 0.4) is 0 Å². The summed E-state index contributed by atoms with van der Waals surface area (Å²) in [6.45, 7) is 9.96. The van der Waals surface area contributed by atoms with Crippen LogP contribution in [0.2, 0.25) is 0 Å². The van der Waals surface area contributed by atoms with E-state index in [0.717, 1.165) is 31.4 Å². The molecule has 1 unspecified atom stereocenters. The highest BCUT2D eigenvalue weighted by molar-refractivity contribution is 14.0. The van der Waals surface area contributed by atoms with Gasteiger partial charge in [-0.1, -0.05) is 39.0 Å². The predicted molar refractivity (Wildman–Crippen MR) is 126 cm³/mol. The van der Waals surface area contributed by atoms with Crippen LogP contribution in [-0.4, -0.2) is 37.6 Å². The molecule has 2 heterocycles. The summed E-state index contributed by atoms with van der Waals surface area (Å²) < 4.78 is 5.82. The molecule has 154 valence electrons. The quantitative estimate of drug-likeness (QED) is 0.374. The van der Waals surface area contributed by atoms with Gasteiger partial charge in [-0.15, -0.1) is 24.0 Å². The third kappa shape index (κ3) is 6.12. The summed E-state index contributed by atoms with van der Waals surface area (Å²) in [6.07, 6.45) is 3.00. The van der Waals surface area contributed by atoms with Gasteiger partial charge in [0.15, 0.2) is 5.96 Å². The predicted octanol–water partition coefficient (Wildman–Crippen LogP) is 3.78. The highest BCUT2D eigenvalue weighted by Crippen LogP contribution is 2.23. The molecule has 6 nitrogen and oxygen atoms in total. The Morgan fingerprint density at radius 1 is 1.25 bits per heavy atom. The molecule has 0 bridgehead atoms. The first-order valence-corrected chi connectivity index (χ1v) is 9.65. The molecule has 1 atom stereocenters. The molecule has 3 rings (SSSR count). The second-order valence-electron chi connectivity index (χ2n) is 8.11. The molecule has 2 aromatic rings. The molecule has 1 aromatic heterocycles. The fourth-order valence-corrected chi connectivity index (χ4v) is 3.23. The topological polar surface area (TPSA) is 65.7 Å². The van der Waals surface area contributed by atoms with Crippen LogP contribution in [-0.2, 0) is 12.0 Å². The van der Waals surface area contributed by atoms with Crippen molar-refractivity contribution in [1.29, 1.82) is 0 Å². The van der Waals surface area contributed by atoms with E-state index in [4.69, 9.17) is 4.42 Å². The molecule has 1 aliphatic heterocycles. The Morgan fingerprint density at radius 2 is 2.00 bits per heavy atom. The van der Waals surface area contributed by atoms with Gasteiger partial charge >= 0.3 is 0 Å². The Kier molecular flexibility index (Phi) is 8.15. The lowest BCUT2D eigenvalue weighted by Crippen LogP contribution is -2.40. The number of halogens is 1. The van der Waals surface area contributed by atoms with Crippen molar-refractivity contribution in [3.8, 4) is 0 Å². The first-order chi connectivity index (χ1) is 13.0. The Hall–Kier alpha value is -1.77. The minimum atomic E-state index is -0.0295. The van der Waals surface area contributed by atoms with E-state index in [1.165, 1.54) is 12.1 Å². The number of oxazole rings is 1. The number of anilines is 1. The van der Waals surface area contributed by atoms with Gasteiger partial charge in [-0.3, -0.25) is 4.99 Å². The fourth-order valence-electron chi connectivity index (χ4n) is 3.23. The van der Waals surface area contributed by atoms with E-state index in [2.05, 4.69) is 76.6 Å².